The van der Waals surface area contributed by atoms with Crippen LogP contribution in [-0.4, -0.2) is 34.5 Å². The summed E-state index contributed by atoms with van der Waals surface area (Å²) < 4.78 is 58.3. The number of nitrogen functional groups attached to an aromatic ring is 1. The zero-order valence-electron chi connectivity index (χ0n) is 9.41. The molecule has 0 saturated heterocycles. The number of nitrogens with one attached hydrogen (secondary N) is 1. The van der Waals surface area contributed by atoms with Crippen LogP contribution in [0.2, 0.25) is 5.02 Å². The summed E-state index contributed by atoms with van der Waals surface area (Å²) in [5.74, 6) is 0. The average molecular weight is 331 g/mol. The van der Waals surface area contributed by atoms with Crippen LogP contribution in [0.3, 0.4) is 0 Å². The molecule has 0 radical (unpaired) electrons. The van der Waals surface area contributed by atoms with E-state index >= 15 is 0 Å². The Morgan fingerprint density at radius 1 is 1.32 bits per heavy atom. The molecule has 8 nitrogen and oxygen atoms in total. The zero-order chi connectivity index (χ0) is 14.7. The van der Waals surface area contributed by atoms with E-state index in [1.807, 2.05) is 0 Å². The van der Waals surface area contributed by atoms with Crippen molar-refractivity contribution in [2.75, 3.05) is 18.9 Å². The largest absolute Gasteiger partial charge is 0.398 e. The molecule has 0 spiro atoms. The maximum Gasteiger partial charge on any atom is 0.397 e. The van der Waals surface area contributed by atoms with Crippen LogP contribution in [0.25, 0.3) is 0 Å². The highest BCUT2D eigenvalue weighted by atomic mass is 35.5. The number of hydrogen-bond acceptors (Lipinski definition) is 6. The van der Waals surface area contributed by atoms with E-state index in [0.29, 0.717) is 0 Å². The lowest BCUT2D eigenvalue weighted by Gasteiger charge is -2.08. The highest BCUT2D eigenvalue weighted by Crippen LogP contribution is 2.21. The van der Waals surface area contributed by atoms with Gasteiger partial charge in [-0.15, -0.1) is 0 Å². The van der Waals surface area contributed by atoms with E-state index in [0.717, 1.165) is 0 Å². The Kier molecular flexibility index (Phi) is 5.12. The van der Waals surface area contributed by atoms with Crippen molar-refractivity contribution in [3.05, 3.63) is 23.2 Å². The second kappa shape index (κ2) is 6.03. The molecular weight excluding hydrogens is 320 g/mol. The van der Waals surface area contributed by atoms with E-state index in [-0.39, 0.29) is 22.2 Å². The first-order chi connectivity index (χ1) is 8.62. The van der Waals surface area contributed by atoms with Crippen LogP contribution in [0, 0.1) is 0 Å². The summed E-state index contributed by atoms with van der Waals surface area (Å²) in [7, 11) is -8.51. The summed E-state index contributed by atoms with van der Waals surface area (Å²) in [5, 5.41) is 0.283. The Morgan fingerprint density at radius 3 is 2.47 bits per heavy atom. The van der Waals surface area contributed by atoms with Crippen molar-refractivity contribution >= 4 is 37.7 Å². The van der Waals surface area contributed by atoms with E-state index < -0.39 is 27.0 Å². The van der Waals surface area contributed by atoms with Gasteiger partial charge in [-0.2, -0.15) is 8.42 Å². The maximum atomic E-state index is 11.8. The number of sulfonamides is 1. The summed E-state index contributed by atoms with van der Waals surface area (Å²) in [5.41, 5.74) is 5.46. The Morgan fingerprint density at radius 2 is 1.95 bits per heavy atom. The van der Waals surface area contributed by atoms with E-state index in [9.17, 15) is 16.8 Å². The van der Waals surface area contributed by atoms with Crippen LogP contribution in [0.4, 0.5) is 5.69 Å². The van der Waals surface area contributed by atoms with Gasteiger partial charge < -0.3 is 5.73 Å². The van der Waals surface area contributed by atoms with Crippen molar-refractivity contribution in [3.8, 4) is 0 Å². The Labute approximate surface area is 115 Å². The summed E-state index contributed by atoms with van der Waals surface area (Å²) in [6, 6.07) is 3.83. The van der Waals surface area contributed by atoms with Crippen molar-refractivity contribution in [1.29, 1.82) is 0 Å². The molecule has 1 aromatic rings. The van der Waals surface area contributed by atoms with E-state index in [4.69, 9.17) is 21.9 Å². The standard InChI is InChI=1S/C8H11ClN2O6S2/c9-6-1-2-8(7(10)5-6)18(12,13)11-3-4-17-19(14,15)16/h1-2,5,11H,3-4,10H2,(H,14,15,16). The predicted molar refractivity (Wildman–Crippen MR) is 68.6 cm³/mol. The minimum atomic E-state index is -4.60. The van der Waals surface area contributed by atoms with Crippen molar-refractivity contribution in [3.63, 3.8) is 0 Å². The monoisotopic (exact) mass is 330 g/mol. The van der Waals surface area contributed by atoms with E-state index in [1.165, 1.54) is 18.2 Å². The molecule has 108 valence electrons. The zero-order valence-corrected chi connectivity index (χ0v) is 11.8. The minimum Gasteiger partial charge on any atom is -0.398 e. The fourth-order valence-corrected chi connectivity index (χ4v) is 2.76. The molecule has 0 heterocycles. The van der Waals surface area contributed by atoms with Gasteiger partial charge in [-0.1, -0.05) is 11.6 Å². The maximum absolute atomic E-state index is 11.8. The Hall–Kier alpha value is -0.910. The van der Waals surface area contributed by atoms with Gasteiger partial charge in [0.1, 0.15) is 4.90 Å². The van der Waals surface area contributed by atoms with Crippen molar-refractivity contribution in [2.45, 2.75) is 4.90 Å². The average Bonchev–Trinajstić information content (AvgIpc) is 2.22. The van der Waals surface area contributed by atoms with Gasteiger partial charge in [0.15, 0.2) is 0 Å². The van der Waals surface area contributed by atoms with Crippen molar-refractivity contribution in [2.24, 2.45) is 0 Å². The molecule has 11 heteroatoms. The van der Waals surface area contributed by atoms with Crippen molar-refractivity contribution < 1.29 is 25.6 Å². The summed E-state index contributed by atoms with van der Waals surface area (Å²) >= 11 is 5.63. The molecule has 0 saturated carbocycles. The first kappa shape index (κ1) is 16.1. The third kappa shape index (κ3) is 5.30. The molecule has 0 aliphatic rings. The van der Waals surface area contributed by atoms with E-state index in [2.05, 4.69) is 8.91 Å². The minimum absolute atomic E-state index is 0.0456. The first-order valence-electron chi connectivity index (χ1n) is 4.78. The topological polar surface area (TPSA) is 136 Å². The Balaban J connectivity index is 2.71. The number of hydrogen-bond donors (Lipinski definition) is 3. The molecule has 4 N–H and O–H groups in total. The predicted octanol–water partition coefficient (Wildman–Crippen LogP) is 0.0199. The van der Waals surface area contributed by atoms with Crippen LogP contribution in [0.5, 0.6) is 0 Å². The van der Waals surface area contributed by atoms with Crippen molar-refractivity contribution in [1.82, 2.24) is 4.72 Å². The molecule has 1 aromatic carbocycles. The first-order valence-corrected chi connectivity index (χ1v) is 8.01. The molecule has 0 bridgehead atoms. The number of anilines is 1. The lowest BCUT2D eigenvalue weighted by Crippen LogP contribution is -2.28. The highest BCUT2D eigenvalue weighted by molar-refractivity contribution is 7.89. The third-order valence-electron chi connectivity index (χ3n) is 1.89. The van der Waals surface area contributed by atoms with Gasteiger partial charge >= 0.3 is 10.4 Å². The number of nitrogens with two attached hydrogens (primary N) is 1. The van der Waals surface area contributed by atoms with Crippen LogP contribution in [-0.2, 0) is 24.6 Å². The molecular formula is C8H11ClN2O6S2. The quantitative estimate of drug-likeness (QED) is 0.380. The summed E-state index contributed by atoms with van der Waals surface area (Å²) in [6.07, 6.45) is 0. The number of halogens is 1. The normalized spacial score (nSPS) is 12.5. The lowest BCUT2D eigenvalue weighted by atomic mass is 10.3. The van der Waals surface area contributed by atoms with Crippen LogP contribution in [0.1, 0.15) is 0 Å². The van der Waals surface area contributed by atoms with E-state index in [1.54, 1.807) is 0 Å². The molecule has 0 aliphatic carbocycles. The van der Waals surface area contributed by atoms with Crippen LogP contribution < -0.4 is 10.5 Å². The van der Waals surface area contributed by atoms with Gasteiger partial charge in [0.2, 0.25) is 10.0 Å². The second-order valence-electron chi connectivity index (χ2n) is 3.33. The summed E-state index contributed by atoms with van der Waals surface area (Å²) in [4.78, 5) is -0.191. The molecule has 19 heavy (non-hydrogen) atoms. The third-order valence-corrected chi connectivity index (χ3v) is 4.12. The number of benzene rings is 1. The molecule has 0 unspecified atom stereocenters. The molecule has 0 fully saturated rings. The fraction of sp³-hybridized carbons (Fsp3) is 0.250. The van der Waals surface area contributed by atoms with Crippen LogP contribution in [0.15, 0.2) is 23.1 Å². The Bertz CT molecular complexity index is 658. The number of rotatable bonds is 6. The van der Waals surface area contributed by atoms with Gasteiger partial charge in [-0.25, -0.2) is 17.3 Å². The van der Waals surface area contributed by atoms with Gasteiger partial charge in [0.05, 0.1) is 12.3 Å². The SMILES string of the molecule is Nc1cc(Cl)ccc1S(=O)(=O)NCCOS(=O)(=O)O. The van der Waals surface area contributed by atoms with Gasteiger partial charge in [0.25, 0.3) is 0 Å². The fourth-order valence-electron chi connectivity index (χ4n) is 1.16. The molecule has 0 amide bonds. The highest BCUT2D eigenvalue weighted by Gasteiger charge is 2.17. The molecule has 0 atom stereocenters. The lowest BCUT2D eigenvalue weighted by molar-refractivity contribution is 0.272. The molecule has 0 aromatic heterocycles. The summed E-state index contributed by atoms with van der Waals surface area (Å²) in [6.45, 7) is -0.907. The van der Waals surface area contributed by atoms with Gasteiger partial charge in [0, 0.05) is 11.6 Å². The van der Waals surface area contributed by atoms with Crippen LogP contribution >= 0.6 is 11.6 Å². The van der Waals surface area contributed by atoms with Gasteiger partial charge in [-0.05, 0) is 18.2 Å². The second-order valence-corrected chi connectivity index (χ2v) is 6.59. The smallest absolute Gasteiger partial charge is 0.397 e. The molecule has 1 rings (SSSR count). The van der Waals surface area contributed by atoms with Gasteiger partial charge in [-0.3, -0.25) is 4.55 Å². The molecule has 0 aliphatic heterocycles.